The van der Waals surface area contributed by atoms with E-state index in [0.29, 0.717) is 22.3 Å². The molecule has 2 aliphatic rings. The van der Waals surface area contributed by atoms with Crippen molar-refractivity contribution in [1.82, 2.24) is 9.88 Å². The minimum absolute atomic E-state index is 0.0604. The third kappa shape index (κ3) is 3.57. The van der Waals surface area contributed by atoms with Crippen LogP contribution < -0.4 is 4.90 Å². The zero-order valence-corrected chi connectivity index (χ0v) is 20.6. The summed E-state index contributed by atoms with van der Waals surface area (Å²) in [5, 5.41) is 1.94. The van der Waals surface area contributed by atoms with Crippen molar-refractivity contribution >= 4 is 51.6 Å². The average molecular weight is 504 g/mol. The molecule has 3 aromatic carbocycles. The quantitative estimate of drug-likeness (QED) is 0.333. The molecule has 0 bridgehead atoms. The predicted molar refractivity (Wildman–Crippen MR) is 139 cm³/mol. The highest BCUT2D eigenvalue weighted by molar-refractivity contribution is 6.37. The third-order valence-corrected chi connectivity index (χ3v) is 7.86. The van der Waals surface area contributed by atoms with Crippen LogP contribution in [0.3, 0.4) is 0 Å². The molecule has 1 aromatic heterocycles. The number of carbonyl (C=O) groups excluding carboxylic acids is 2. The van der Waals surface area contributed by atoms with Crippen LogP contribution in [0.1, 0.15) is 42.1 Å². The molecular formula is C28H23Cl2N3O2. The maximum Gasteiger partial charge on any atom is 0.251 e. The Morgan fingerprint density at radius 1 is 0.943 bits per heavy atom. The second kappa shape index (κ2) is 8.52. The molecule has 3 unspecified atom stereocenters. The molecule has 1 N–H and O–H groups in total. The molecule has 0 aliphatic carbocycles. The number of benzene rings is 3. The van der Waals surface area contributed by atoms with Gasteiger partial charge in [-0.2, -0.15) is 0 Å². The van der Waals surface area contributed by atoms with E-state index in [4.69, 9.17) is 23.2 Å². The monoisotopic (exact) mass is 503 g/mol. The van der Waals surface area contributed by atoms with Gasteiger partial charge in [-0.3, -0.25) is 14.5 Å². The first-order valence-corrected chi connectivity index (χ1v) is 12.4. The highest BCUT2D eigenvalue weighted by Gasteiger charge is 2.48. The number of amides is 2. The van der Waals surface area contributed by atoms with Crippen molar-refractivity contribution in [3.8, 4) is 0 Å². The molecule has 4 aromatic rings. The summed E-state index contributed by atoms with van der Waals surface area (Å²) >= 11 is 12.5. The van der Waals surface area contributed by atoms with Gasteiger partial charge in [-0.1, -0.05) is 71.7 Å². The molecule has 1 fully saturated rings. The van der Waals surface area contributed by atoms with Crippen molar-refractivity contribution < 1.29 is 9.59 Å². The number of halogens is 2. The number of H-pyrrole nitrogens is 1. The Morgan fingerprint density at radius 2 is 1.69 bits per heavy atom. The molecule has 6 rings (SSSR count). The van der Waals surface area contributed by atoms with Crippen molar-refractivity contribution in [1.29, 1.82) is 0 Å². The number of nitrogens with zero attached hydrogens (tertiary/aromatic N) is 2. The lowest BCUT2D eigenvalue weighted by molar-refractivity contribution is -0.123. The van der Waals surface area contributed by atoms with Crippen molar-refractivity contribution in [3.05, 3.63) is 99.7 Å². The van der Waals surface area contributed by atoms with Crippen LogP contribution in [0.4, 0.5) is 5.69 Å². The van der Waals surface area contributed by atoms with Crippen molar-refractivity contribution in [2.24, 2.45) is 0 Å². The number of hydrogen-bond acceptors (Lipinski definition) is 3. The molecule has 3 heterocycles. The van der Waals surface area contributed by atoms with E-state index in [2.05, 4.69) is 47.1 Å². The summed E-state index contributed by atoms with van der Waals surface area (Å²) in [5.74, 6) is -0.474. The molecule has 176 valence electrons. The molecule has 1 saturated heterocycles. The summed E-state index contributed by atoms with van der Waals surface area (Å²) in [7, 11) is 0. The minimum atomic E-state index is -0.585. The van der Waals surface area contributed by atoms with Crippen LogP contribution in [0.5, 0.6) is 0 Å². The predicted octanol–water partition coefficient (Wildman–Crippen LogP) is 6.32. The highest BCUT2D eigenvalue weighted by Crippen LogP contribution is 2.45. The van der Waals surface area contributed by atoms with Crippen LogP contribution >= 0.6 is 23.2 Å². The molecule has 0 radical (unpaired) electrons. The van der Waals surface area contributed by atoms with Crippen LogP contribution in [-0.4, -0.2) is 34.3 Å². The van der Waals surface area contributed by atoms with Crippen LogP contribution in [0.2, 0.25) is 10.0 Å². The van der Waals surface area contributed by atoms with Crippen LogP contribution in [-0.2, 0) is 9.59 Å². The second-order valence-corrected chi connectivity index (χ2v) is 10.1. The van der Waals surface area contributed by atoms with E-state index in [0.717, 1.165) is 11.2 Å². The number of para-hydroxylation sites is 1. The zero-order chi connectivity index (χ0) is 24.3. The molecule has 0 saturated carbocycles. The molecule has 0 spiro atoms. The molecule has 7 heteroatoms. The molecule has 2 aliphatic heterocycles. The number of aromatic nitrogens is 1. The molecule has 35 heavy (non-hydrogen) atoms. The first kappa shape index (κ1) is 22.4. The summed E-state index contributed by atoms with van der Waals surface area (Å²) in [6.07, 6.45) is 0.100. The van der Waals surface area contributed by atoms with Gasteiger partial charge in [0.2, 0.25) is 5.91 Å². The third-order valence-electron chi connectivity index (χ3n) is 7.31. The van der Waals surface area contributed by atoms with E-state index < -0.39 is 6.04 Å². The molecule has 3 atom stereocenters. The molecule has 5 nitrogen and oxygen atoms in total. The molecule has 2 amide bonds. The second-order valence-electron chi connectivity index (χ2n) is 9.22. The zero-order valence-electron chi connectivity index (χ0n) is 19.0. The van der Waals surface area contributed by atoms with Gasteiger partial charge in [0.25, 0.3) is 5.91 Å². The van der Waals surface area contributed by atoms with Gasteiger partial charge in [0.1, 0.15) is 0 Å². The van der Waals surface area contributed by atoms with Gasteiger partial charge in [-0.05, 0) is 42.3 Å². The summed E-state index contributed by atoms with van der Waals surface area (Å²) in [6, 6.07) is 22.8. The summed E-state index contributed by atoms with van der Waals surface area (Å²) in [4.78, 5) is 33.8. The van der Waals surface area contributed by atoms with Crippen LogP contribution in [0.25, 0.3) is 10.9 Å². The Bertz CT molecular complexity index is 1470. The Hall–Kier alpha value is -3.12. The Morgan fingerprint density at radius 3 is 2.49 bits per heavy atom. The lowest BCUT2D eigenvalue weighted by Gasteiger charge is -2.41. The van der Waals surface area contributed by atoms with E-state index in [1.807, 2.05) is 24.3 Å². The Balaban J connectivity index is 1.43. The van der Waals surface area contributed by atoms with Gasteiger partial charge < -0.3 is 4.98 Å². The van der Waals surface area contributed by atoms with Crippen LogP contribution in [0, 0.1) is 0 Å². The van der Waals surface area contributed by atoms with E-state index >= 15 is 0 Å². The number of rotatable bonds is 3. The van der Waals surface area contributed by atoms with E-state index in [-0.39, 0.29) is 30.2 Å². The fourth-order valence-electron chi connectivity index (χ4n) is 5.66. The van der Waals surface area contributed by atoms with Crippen molar-refractivity contribution in [3.63, 3.8) is 0 Å². The maximum absolute atomic E-state index is 13.7. The first-order valence-electron chi connectivity index (χ1n) is 11.7. The number of imide groups is 1. The topological polar surface area (TPSA) is 56.4 Å². The highest BCUT2D eigenvalue weighted by atomic mass is 35.5. The van der Waals surface area contributed by atoms with Gasteiger partial charge >= 0.3 is 0 Å². The van der Waals surface area contributed by atoms with Gasteiger partial charge in [0.05, 0.1) is 23.2 Å². The van der Waals surface area contributed by atoms with E-state index in [1.54, 1.807) is 18.2 Å². The van der Waals surface area contributed by atoms with Gasteiger partial charge in [-0.15, -0.1) is 0 Å². The largest absolute Gasteiger partial charge is 0.357 e. The fourth-order valence-corrected chi connectivity index (χ4v) is 6.02. The number of carbonyl (C=O) groups is 2. The Kier molecular flexibility index (Phi) is 5.44. The lowest BCUT2D eigenvalue weighted by Crippen LogP contribution is -2.47. The first-order chi connectivity index (χ1) is 16.9. The van der Waals surface area contributed by atoms with Crippen molar-refractivity contribution in [2.75, 3.05) is 11.4 Å². The van der Waals surface area contributed by atoms with E-state index in [1.165, 1.54) is 21.4 Å². The minimum Gasteiger partial charge on any atom is -0.357 e. The summed E-state index contributed by atoms with van der Waals surface area (Å²) < 4.78 is 0. The number of aromatic amines is 1. The number of fused-ring (bicyclic) bond motifs is 3. The summed E-state index contributed by atoms with van der Waals surface area (Å²) in [6.45, 7) is 2.73. The molecular weight excluding hydrogens is 481 g/mol. The van der Waals surface area contributed by atoms with Gasteiger partial charge in [-0.25, -0.2) is 4.90 Å². The fraction of sp³-hybridized carbons (Fsp3) is 0.214. The maximum atomic E-state index is 13.7. The Labute approximate surface area is 213 Å². The average Bonchev–Trinajstić information content (AvgIpc) is 3.39. The van der Waals surface area contributed by atoms with Crippen LogP contribution in [0.15, 0.2) is 72.8 Å². The van der Waals surface area contributed by atoms with Gasteiger partial charge in [0.15, 0.2) is 0 Å². The number of hydrogen-bond donors (Lipinski definition) is 1. The normalized spacial score (nSPS) is 22.7. The number of nitrogens with one attached hydrogen (secondary N) is 1. The van der Waals surface area contributed by atoms with Crippen molar-refractivity contribution in [2.45, 2.75) is 31.3 Å². The SMILES string of the molecule is CC1c2[nH]c3ccccc3c2C(c2ccccc2)CN1C1CC(=O)N(c2cc(Cl)ccc2Cl)C1=O. The lowest BCUT2D eigenvalue weighted by atomic mass is 9.83. The van der Waals surface area contributed by atoms with E-state index in [9.17, 15) is 9.59 Å². The number of anilines is 1. The standard InChI is InChI=1S/C28H23Cl2N3O2/c1-16-27-26(19-9-5-6-10-22(19)31-27)20(17-7-3-2-4-8-17)15-32(16)24-14-25(34)33(28(24)35)23-13-18(29)11-12-21(23)30/h2-13,16,20,24,31H,14-15H2,1H3. The smallest absolute Gasteiger partial charge is 0.251 e. The van der Waals surface area contributed by atoms with Gasteiger partial charge in [0, 0.05) is 40.1 Å². The summed E-state index contributed by atoms with van der Waals surface area (Å²) in [5.41, 5.74) is 4.95.